The highest BCUT2D eigenvalue weighted by Crippen LogP contribution is 1.96. The van der Waals surface area contributed by atoms with E-state index in [1.807, 2.05) is 6.92 Å². The van der Waals surface area contributed by atoms with Crippen molar-refractivity contribution in [2.75, 3.05) is 52.9 Å². The lowest BCUT2D eigenvalue weighted by Crippen LogP contribution is -2.21. The largest absolute Gasteiger partial charge is 0.396 e. The molecule has 6 heteroatoms. The van der Waals surface area contributed by atoms with E-state index in [9.17, 15) is 0 Å². The summed E-state index contributed by atoms with van der Waals surface area (Å²) in [6.07, 6.45) is 5.96. The molecule has 6 nitrogen and oxygen atoms in total. The highest BCUT2D eigenvalue weighted by atomic mass is 16.5. The van der Waals surface area contributed by atoms with E-state index >= 15 is 0 Å². The molecule has 0 aromatic rings. The minimum Gasteiger partial charge on any atom is -0.396 e. The third-order valence-electron chi connectivity index (χ3n) is 3.28. The van der Waals surface area contributed by atoms with Crippen LogP contribution in [0.25, 0.3) is 0 Å². The van der Waals surface area contributed by atoms with Crippen molar-refractivity contribution >= 4 is 0 Å². The molecule has 2 atom stereocenters. The van der Waals surface area contributed by atoms with Gasteiger partial charge in [0.2, 0.25) is 0 Å². The summed E-state index contributed by atoms with van der Waals surface area (Å²) in [6, 6.07) is 0. The summed E-state index contributed by atoms with van der Waals surface area (Å²) in [6.45, 7) is 13.0. The van der Waals surface area contributed by atoms with Crippen molar-refractivity contribution in [1.82, 2.24) is 0 Å². The fraction of sp³-hybridized carbons (Fsp3) is 1.00. The monoisotopic (exact) mass is 380 g/mol. The van der Waals surface area contributed by atoms with Gasteiger partial charge in [0.05, 0.1) is 25.4 Å². The SMILES string of the molecule is CCCCOCC(C)OCC(C)O.CCCCOCCCOCCCO. The number of hydrogen-bond donors (Lipinski definition) is 2. The predicted octanol–water partition coefficient (Wildman–Crippen LogP) is 3.18. The Kier molecular flexibility index (Phi) is 26.6. The number of aliphatic hydroxyl groups is 2. The fourth-order valence-corrected chi connectivity index (χ4v) is 1.73. The number of ether oxygens (including phenoxy) is 4. The predicted molar refractivity (Wildman–Crippen MR) is 106 cm³/mol. The molecule has 0 fully saturated rings. The van der Waals surface area contributed by atoms with Gasteiger partial charge in [-0.1, -0.05) is 26.7 Å². The van der Waals surface area contributed by atoms with Crippen LogP contribution in [0.3, 0.4) is 0 Å². The normalized spacial score (nSPS) is 13.2. The molecule has 0 aromatic heterocycles. The Morgan fingerprint density at radius 2 is 1.19 bits per heavy atom. The van der Waals surface area contributed by atoms with Crippen LogP contribution < -0.4 is 0 Å². The van der Waals surface area contributed by atoms with Gasteiger partial charge in [0.25, 0.3) is 0 Å². The van der Waals surface area contributed by atoms with Gasteiger partial charge in [-0.05, 0) is 39.5 Å². The molecule has 0 radical (unpaired) electrons. The summed E-state index contributed by atoms with van der Waals surface area (Å²) in [7, 11) is 0. The standard InChI is InChI=1S/2C10H22O3/c1-4-5-6-12-8-10(3)13-7-9(2)11;1-2-3-7-12-9-5-10-13-8-4-6-11/h9-11H,4-8H2,1-3H3;11H,2-10H2,1H3. The van der Waals surface area contributed by atoms with E-state index in [4.69, 9.17) is 29.2 Å². The third kappa shape index (κ3) is 28.6. The molecule has 0 aromatic carbocycles. The van der Waals surface area contributed by atoms with Crippen LogP contribution in [0.2, 0.25) is 0 Å². The maximum atomic E-state index is 8.95. The Bertz CT molecular complexity index is 228. The first-order chi connectivity index (χ1) is 12.6. The number of hydrogen-bond acceptors (Lipinski definition) is 6. The topological polar surface area (TPSA) is 77.4 Å². The van der Waals surface area contributed by atoms with Crippen LogP contribution in [-0.2, 0) is 18.9 Å². The summed E-state index contributed by atoms with van der Waals surface area (Å²) in [5, 5.41) is 17.4. The first-order valence-electron chi connectivity index (χ1n) is 10.2. The molecule has 0 saturated heterocycles. The van der Waals surface area contributed by atoms with Gasteiger partial charge in [0, 0.05) is 39.6 Å². The van der Waals surface area contributed by atoms with E-state index in [0.717, 1.165) is 58.5 Å². The van der Waals surface area contributed by atoms with Gasteiger partial charge in [0.15, 0.2) is 0 Å². The highest BCUT2D eigenvalue weighted by molar-refractivity contribution is 4.50. The van der Waals surface area contributed by atoms with Gasteiger partial charge in [-0.2, -0.15) is 0 Å². The smallest absolute Gasteiger partial charge is 0.0781 e. The summed E-state index contributed by atoms with van der Waals surface area (Å²) < 4.78 is 21.3. The number of aliphatic hydroxyl groups excluding tert-OH is 2. The average Bonchev–Trinajstić information content (AvgIpc) is 2.63. The molecule has 160 valence electrons. The Balaban J connectivity index is 0. The molecular formula is C20H44O6. The lowest BCUT2D eigenvalue weighted by atomic mass is 10.3. The summed E-state index contributed by atoms with van der Waals surface area (Å²) in [4.78, 5) is 0. The molecule has 26 heavy (non-hydrogen) atoms. The van der Waals surface area contributed by atoms with Crippen molar-refractivity contribution in [1.29, 1.82) is 0 Å². The Morgan fingerprint density at radius 3 is 1.69 bits per heavy atom. The molecule has 2 unspecified atom stereocenters. The van der Waals surface area contributed by atoms with E-state index in [0.29, 0.717) is 19.8 Å². The van der Waals surface area contributed by atoms with E-state index in [2.05, 4.69) is 13.8 Å². The minimum absolute atomic E-state index is 0.0754. The first-order valence-corrected chi connectivity index (χ1v) is 10.2. The lowest BCUT2D eigenvalue weighted by Gasteiger charge is -2.14. The van der Waals surface area contributed by atoms with Crippen LogP contribution in [0.4, 0.5) is 0 Å². The zero-order valence-corrected chi connectivity index (χ0v) is 17.6. The number of unbranched alkanes of at least 4 members (excludes halogenated alkanes) is 2. The quantitative estimate of drug-likeness (QED) is 0.356. The molecule has 0 rings (SSSR count). The molecule has 0 bridgehead atoms. The van der Waals surface area contributed by atoms with Crippen molar-refractivity contribution in [3.8, 4) is 0 Å². The van der Waals surface area contributed by atoms with Crippen LogP contribution in [0.5, 0.6) is 0 Å². The zero-order valence-electron chi connectivity index (χ0n) is 17.6. The van der Waals surface area contributed by atoms with Crippen molar-refractivity contribution in [3.63, 3.8) is 0 Å². The molecule has 0 aliphatic rings. The van der Waals surface area contributed by atoms with Crippen LogP contribution in [0.15, 0.2) is 0 Å². The minimum atomic E-state index is -0.391. The van der Waals surface area contributed by atoms with Gasteiger partial charge in [-0.3, -0.25) is 0 Å². The van der Waals surface area contributed by atoms with E-state index in [1.54, 1.807) is 6.92 Å². The molecule has 0 amide bonds. The second-order valence-electron chi connectivity index (χ2n) is 6.43. The van der Waals surface area contributed by atoms with E-state index in [-0.39, 0.29) is 12.7 Å². The molecule has 0 aliphatic heterocycles. The van der Waals surface area contributed by atoms with Crippen LogP contribution in [-0.4, -0.2) is 75.3 Å². The molecule has 2 N–H and O–H groups in total. The Hall–Kier alpha value is -0.240. The third-order valence-corrected chi connectivity index (χ3v) is 3.28. The number of rotatable bonds is 18. The summed E-state index contributed by atoms with van der Waals surface area (Å²) in [5.41, 5.74) is 0. The highest BCUT2D eigenvalue weighted by Gasteiger charge is 2.03. The van der Waals surface area contributed by atoms with Gasteiger partial charge < -0.3 is 29.2 Å². The summed E-state index contributed by atoms with van der Waals surface area (Å²) in [5.74, 6) is 0. The van der Waals surface area contributed by atoms with Crippen molar-refractivity contribution in [2.45, 2.75) is 78.4 Å². The van der Waals surface area contributed by atoms with Gasteiger partial charge in [0.1, 0.15) is 0 Å². The molecule has 0 aliphatic carbocycles. The fourth-order valence-electron chi connectivity index (χ4n) is 1.73. The van der Waals surface area contributed by atoms with E-state index in [1.165, 1.54) is 6.42 Å². The van der Waals surface area contributed by atoms with Crippen LogP contribution >= 0.6 is 0 Å². The van der Waals surface area contributed by atoms with E-state index < -0.39 is 6.10 Å². The molecule has 0 spiro atoms. The Morgan fingerprint density at radius 1 is 0.692 bits per heavy atom. The molecule has 0 saturated carbocycles. The average molecular weight is 381 g/mol. The second kappa shape index (κ2) is 24.8. The Labute approximate surface area is 161 Å². The molecular weight excluding hydrogens is 336 g/mol. The molecule has 0 heterocycles. The maximum Gasteiger partial charge on any atom is 0.0781 e. The van der Waals surface area contributed by atoms with Crippen molar-refractivity contribution in [2.24, 2.45) is 0 Å². The van der Waals surface area contributed by atoms with Crippen LogP contribution in [0, 0.1) is 0 Å². The lowest BCUT2D eigenvalue weighted by molar-refractivity contribution is -0.0367. The second-order valence-corrected chi connectivity index (χ2v) is 6.43. The van der Waals surface area contributed by atoms with Crippen molar-refractivity contribution in [3.05, 3.63) is 0 Å². The van der Waals surface area contributed by atoms with Crippen molar-refractivity contribution < 1.29 is 29.2 Å². The summed E-state index contributed by atoms with van der Waals surface area (Å²) >= 11 is 0. The van der Waals surface area contributed by atoms with Gasteiger partial charge in [-0.25, -0.2) is 0 Å². The van der Waals surface area contributed by atoms with Gasteiger partial charge >= 0.3 is 0 Å². The maximum absolute atomic E-state index is 8.95. The first kappa shape index (κ1) is 28.0. The van der Waals surface area contributed by atoms with Crippen LogP contribution in [0.1, 0.15) is 66.2 Å². The van der Waals surface area contributed by atoms with Gasteiger partial charge in [-0.15, -0.1) is 0 Å². The zero-order chi connectivity index (χ0) is 19.9.